The number of hydrogen-bond donors (Lipinski definition) is 1. The third kappa shape index (κ3) is 4.69. The number of guanidine groups is 1. The maximum atomic E-state index is 12.4. The fraction of sp³-hybridized carbons (Fsp3) is 0.905. The fourth-order valence-corrected chi connectivity index (χ4v) is 5.52. The minimum absolute atomic E-state index is 0. The predicted octanol–water partition coefficient (Wildman–Crippen LogP) is 1.62. The molecule has 4 rings (SSSR count). The van der Waals surface area contributed by atoms with Crippen LogP contribution in [0, 0.1) is 11.3 Å². The lowest BCUT2D eigenvalue weighted by molar-refractivity contribution is -0.131. The Labute approximate surface area is 192 Å². The van der Waals surface area contributed by atoms with Crippen molar-refractivity contribution in [3.63, 3.8) is 0 Å². The first kappa shape index (κ1) is 23.1. The van der Waals surface area contributed by atoms with Gasteiger partial charge in [-0.15, -0.1) is 24.0 Å². The van der Waals surface area contributed by atoms with Crippen LogP contribution >= 0.6 is 24.0 Å². The third-order valence-electron chi connectivity index (χ3n) is 7.18. The summed E-state index contributed by atoms with van der Waals surface area (Å²) in [5.74, 6) is 1.95. The Morgan fingerprint density at radius 2 is 1.79 bits per heavy atom. The average molecular weight is 519 g/mol. The number of amides is 1. The maximum absolute atomic E-state index is 12.4. The van der Waals surface area contributed by atoms with Gasteiger partial charge in [0.25, 0.3) is 0 Å². The summed E-state index contributed by atoms with van der Waals surface area (Å²) in [6.45, 7) is 14.5. The highest BCUT2D eigenvalue weighted by Gasteiger charge is 2.59. The highest BCUT2D eigenvalue weighted by Crippen LogP contribution is 2.52. The molecule has 3 heterocycles. The van der Waals surface area contributed by atoms with E-state index in [0.29, 0.717) is 30.5 Å². The van der Waals surface area contributed by atoms with E-state index in [1.54, 1.807) is 0 Å². The van der Waals surface area contributed by atoms with E-state index < -0.39 is 0 Å². The highest BCUT2D eigenvalue weighted by molar-refractivity contribution is 14.0. The van der Waals surface area contributed by atoms with Gasteiger partial charge in [-0.2, -0.15) is 0 Å². The number of rotatable bonds is 4. The lowest BCUT2D eigenvalue weighted by Gasteiger charge is -2.55. The molecule has 0 spiro atoms. The molecule has 0 aromatic heterocycles. The maximum Gasteiger partial charge on any atom is 0.236 e. The summed E-state index contributed by atoms with van der Waals surface area (Å²) in [7, 11) is 0. The molecule has 29 heavy (non-hydrogen) atoms. The van der Waals surface area contributed by atoms with E-state index in [9.17, 15) is 4.79 Å². The normalized spacial score (nSPS) is 31.8. The van der Waals surface area contributed by atoms with Gasteiger partial charge in [-0.05, 0) is 26.2 Å². The zero-order chi connectivity index (χ0) is 19.7. The van der Waals surface area contributed by atoms with Crippen LogP contribution in [0.2, 0.25) is 0 Å². The molecule has 1 saturated carbocycles. The van der Waals surface area contributed by atoms with Gasteiger partial charge in [-0.3, -0.25) is 14.7 Å². The van der Waals surface area contributed by atoms with Crippen molar-refractivity contribution < 1.29 is 9.53 Å². The van der Waals surface area contributed by atoms with Crippen molar-refractivity contribution in [3.05, 3.63) is 0 Å². The van der Waals surface area contributed by atoms with Crippen LogP contribution < -0.4 is 5.32 Å². The number of carbonyl (C=O) groups is 1. The summed E-state index contributed by atoms with van der Waals surface area (Å²) < 4.78 is 5.94. The van der Waals surface area contributed by atoms with E-state index in [2.05, 4.69) is 35.9 Å². The Bertz CT molecular complexity index is 600. The molecule has 7 nitrogen and oxygen atoms in total. The van der Waals surface area contributed by atoms with Crippen molar-refractivity contribution in [1.82, 2.24) is 20.0 Å². The topological polar surface area (TPSA) is 60.4 Å². The first-order valence-corrected chi connectivity index (χ1v) is 11.2. The van der Waals surface area contributed by atoms with Gasteiger partial charge in [-0.1, -0.05) is 13.8 Å². The van der Waals surface area contributed by atoms with E-state index >= 15 is 0 Å². The van der Waals surface area contributed by atoms with Gasteiger partial charge < -0.3 is 19.9 Å². The van der Waals surface area contributed by atoms with E-state index in [1.807, 2.05) is 4.90 Å². The second-order valence-electron chi connectivity index (χ2n) is 9.34. The molecule has 166 valence electrons. The van der Waals surface area contributed by atoms with Crippen LogP contribution in [0.1, 0.15) is 40.0 Å². The number of nitrogens with one attached hydrogen (secondary N) is 1. The molecule has 1 aliphatic carbocycles. The molecule has 3 saturated heterocycles. The van der Waals surface area contributed by atoms with Crippen molar-refractivity contribution in [1.29, 1.82) is 0 Å². The Morgan fingerprint density at radius 3 is 2.45 bits per heavy atom. The molecular weight excluding hydrogens is 481 g/mol. The number of fused-ring (bicyclic) bond motifs is 1. The van der Waals surface area contributed by atoms with Crippen LogP contribution in [-0.4, -0.2) is 97.7 Å². The Balaban J connectivity index is 0.00000240. The summed E-state index contributed by atoms with van der Waals surface area (Å²) >= 11 is 0. The highest BCUT2D eigenvalue weighted by atomic mass is 127. The average Bonchev–Trinajstić information content (AvgIpc) is 3.36. The van der Waals surface area contributed by atoms with Crippen LogP contribution in [0.15, 0.2) is 4.99 Å². The van der Waals surface area contributed by atoms with Crippen molar-refractivity contribution in [3.8, 4) is 0 Å². The van der Waals surface area contributed by atoms with Gasteiger partial charge in [0, 0.05) is 69.8 Å². The van der Waals surface area contributed by atoms with Crippen LogP contribution in [0.3, 0.4) is 0 Å². The lowest BCUT2D eigenvalue weighted by atomic mass is 9.57. The zero-order valence-corrected chi connectivity index (χ0v) is 20.6. The first-order chi connectivity index (χ1) is 13.5. The molecule has 1 amide bonds. The van der Waals surface area contributed by atoms with Gasteiger partial charge >= 0.3 is 0 Å². The monoisotopic (exact) mass is 519 g/mol. The first-order valence-electron chi connectivity index (χ1n) is 11.2. The summed E-state index contributed by atoms with van der Waals surface area (Å²) in [6, 6.07) is 0.431. The molecule has 3 aliphatic heterocycles. The molecule has 0 aromatic rings. The molecular formula is C21H38IN5O2. The Kier molecular flexibility index (Phi) is 7.70. The molecule has 3 unspecified atom stereocenters. The van der Waals surface area contributed by atoms with Crippen LogP contribution in [0.5, 0.6) is 0 Å². The predicted molar refractivity (Wildman–Crippen MR) is 126 cm³/mol. The van der Waals surface area contributed by atoms with Gasteiger partial charge in [0.15, 0.2) is 5.96 Å². The molecule has 4 fully saturated rings. The molecule has 0 bridgehead atoms. The van der Waals surface area contributed by atoms with Gasteiger partial charge in [0.05, 0.1) is 12.6 Å². The van der Waals surface area contributed by atoms with Gasteiger partial charge in [0.1, 0.15) is 0 Å². The second-order valence-corrected chi connectivity index (χ2v) is 9.34. The van der Waals surface area contributed by atoms with Gasteiger partial charge in [-0.25, -0.2) is 0 Å². The van der Waals surface area contributed by atoms with Crippen molar-refractivity contribution >= 4 is 35.8 Å². The van der Waals surface area contributed by atoms with Crippen molar-refractivity contribution in [2.24, 2.45) is 16.3 Å². The SMILES string of the molecule is CCN=C(NC1C2CCOC2C1(C)C)N1CCN(CC(=O)N2CCCC2)CC1.I. The number of nitrogens with zero attached hydrogens (tertiary/aromatic N) is 4. The van der Waals surface area contributed by atoms with Crippen molar-refractivity contribution in [2.75, 3.05) is 59.0 Å². The molecule has 8 heteroatoms. The number of aliphatic imine (C=N–C) groups is 1. The van der Waals surface area contributed by atoms with E-state index in [-0.39, 0.29) is 29.4 Å². The molecule has 3 atom stereocenters. The minimum Gasteiger partial charge on any atom is -0.377 e. The molecule has 0 aromatic carbocycles. The second kappa shape index (κ2) is 9.68. The fourth-order valence-electron chi connectivity index (χ4n) is 5.52. The third-order valence-corrected chi connectivity index (χ3v) is 7.18. The smallest absolute Gasteiger partial charge is 0.236 e. The molecule has 0 radical (unpaired) electrons. The van der Waals surface area contributed by atoms with E-state index in [0.717, 1.165) is 77.6 Å². The number of piperazine rings is 1. The van der Waals surface area contributed by atoms with E-state index in [1.165, 1.54) is 0 Å². The number of hydrogen-bond acceptors (Lipinski definition) is 4. The van der Waals surface area contributed by atoms with Crippen LogP contribution in [-0.2, 0) is 9.53 Å². The minimum atomic E-state index is 0. The summed E-state index contributed by atoms with van der Waals surface area (Å²) in [5, 5.41) is 3.79. The van der Waals surface area contributed by atoms with Crippen molar-refractivity contribution in [2.45, 2.75) is 52.2 Å². The summed E-state index contributed by atoms with van der Waals surface area (Å²) in [5.41, 5.74) is 0.152. The number of carbonyl (C=O) groups excluding carboxylic acids is 1. The van der Waals surface area contributed by atoms with Crippen LogP contribution in [0.25, 0.3) is 0 Å². The molecule has 1 N–H and O–H groups in total. The number of likely N-dealkylation sites (tertiary alicyclic amines) is 1. The Hall–Kier alpha value is -0.610. The summed E-state index contributed by atoms with van der Waals surface area (Å²) in [4.78, 5) is 23.9. The lowest BCUT2D eigenvalue weighted by Crippen LogP contribution is -2.68. The van der Waals surface area contributed by atoms with E-state index in [4.69, 9.17) is 9.73 Å². The standard InChI is InChI=1S/C21H37N5O2.HI/c1-4-22-20(23-18-16-7-14-28-19(16)21(18,2)3)26-12-10-24(11-13-26)15-17(27)25-8-5-6-9-25;/h16,18-19H,4-15H2,1-3H3,(H,22,23);1H. The largest absolute Gasteiger partial charge is 0.377 e. The zero-order valence-electron chi connectivity index (χ0n) is 18.2. The number of halogens is 1. The van der Waals surface area contributed by atoms with Gasteiger partial charge in [0.2, 0.25) is 5.91 Å². The quantitative estimate of drug-likeness (QED) is 0.348. The number of ether oxygens (including phenoxy) is 1. The Morgan fingerprint density at radius 1 is 1.10 bits per heavy atom. The summed E-state index contributed by atoms with van der Waals surface area (Å²) in [6.07, 6.45) is 3.86. The van der Waals surface area contributed by atoms with Crippen LogP contribution in [0.4, 0.5) is 0 Å². The molecule has 4 aliphatic rings.